The number of ether oxygens (including phenoxy) is 3. The third-order valence-electron chi connectivity index (χ3n) is 5.49. The Labute approximate surface area is 177 Å². The second-order valence-corrected chi connectivity index (χ2v) is 9.52. The van der Waals surface area contributed by atoms with Crippen LogP contribution in [0.4, 0.5) is 0 Å². The Kier molecular flexibility index (Phi) is 5.22. The van der Waals surface area contributed by atoms with Gasteiger partial charge in [0.05, 0.1) is 20.0 Å². The molecule has 0 bridgehead atoms. The van der Waals surface area contributed by atoms with Crippen molar-refractivity contribution < 1.29 is 22.6 Å². The maximum absolute atomic E-state index is 11.8. The largest absolute Gasteiger partial charge is 0.497 e. The molecule has 0 saturated carbocycles. The quantitative estimate of drug-likeness (QED) is 0.779. The third kappa shape index (κ3) is 3.88. The standard InChI is InChI=1S/C23H25NO5S/c1-23(14-30(24,25)26)11-10-17-18(13-23)22(15-6-4-7-16(12-15)27-2)29-20-9-5-8-19(28-3)21(17)20/h4-13,20,22H,14H2,1-3H3,(H2,24,25,26). The zero-order valence-corrected chi connectivity index (χ0v) is 18.0. The highest BCUT2D eigenvalue weighted by Gasteiger charge is 2.39. The lowest BCUT2D eigenvalue weighted by molar-refractivity contribution is 0.0416. The van der Waals surface area contributed by atoms with E-state index in [1.807, 2.05) is 67.6 Å². The van der Waals surface area contributed by atoms with Crippen LogP contribution in [0.15, 0.2) is 83.2 Å². The normalized spacial score (nSPS) is 27.7. The molecule has 0 saturated heterocycles. The number of sulfonamides is 1. The first-order chi connectivity index (χ1) is 14.2. The SMILES string of the molecule is COC1=CC=CC2OC(c3cccc(OC)c3)C3=CC(C)(CS(N)(=O)=O)C=CC3=C12. The van der Waals surface area contributed by atoms with Gasteiger partial charge in [-0.15, -0.1) is 0 Å². The van der Waals surface area contributed by atoms with E-state index in [9.17, 15) is 8.42 Å². The van der Waals surface area contributed by atoms with Gasteiger partial charge in [-0.25, -0.2) is 13.6 Å². The van der Waals surface area contributed by atoms with Gasteiger partial charge >= 0.3 is 0 Å². The average Bonchev–Trinajstić information content (AvgIpc) is 2.70. The monoisotopic (exact) mass is 427 g/mol. The number of methoxy groups -OCH3 is 2. The predicted octanol–water partition coefficient (Wildman–Crippen LogP) is 3.32. The van der Waals surface area contributed by atoms with Crippen molar-refractivity contribution in [2.24, 2.45) is 10.6 Å². The number of rotatable bonds is 5. The Bertz CT molecular complexity index is 1130. The van der Waals surface area contributed by atoms with E-state index < -0.39 is 21.5 Å². The van der Waals surface area contributed by atoms with Gasteiger partial charge in [-0.1, -0.05) is 49.4 Å². The number of hydrogen-bond acceptors (Lipinski definition) is 5. The number of hydrogen-bond donors (Lipinski definition) is 1. The molecule has 0 amide bonds. The molecule has 0 fully saturated rings. The molecule has 30 heavy (non-hydrogen) atoms. The fourth-order valence-corrected chi connectivity index (χ4v) is 5.31. The van der Waals surface area contributed by atoms with Gasteiger partial charge in [-0.05, 0) is 34.9 Å². The molecule has 1 heterocycles. The van der Waals surface area contributed by atoms with E-state index in [-0.39, 0.29) is 11.9 Å². The third-order valence-corrected chi connectivity index (χ3v) is 6.52. The van der Waals surface area contributed by atoms with Crippen LogP contribution in [-0.2, 0) is 19.5 Å². The summed E-state index contributed by atoms with van der Waals surface area (Å²) in [6, 6.07) is 7.70. The molecule has 3 aliphatic rings. The minimum Gasteiger partial charge on any atom is -0.497 e. The zero-order valence-electron chi connectivity index (χ0n) is 17.2. The van der Waals surface area contributed by atoms with E-state index in [0.717, 1.165) is 33.8 Å². The highest BCUT2D eigenvalue weighted by atomic mass is 32.2. The van der Waals surface area contributed by atoms with Crippen LogP contribution in [0.3, 0.4) is 0 Å². The van der Waals surface area contributed by atoms with E-state index in [1.54, 1.807) is 14.2 Å². The topological polar surface area (TPSA) is 87.8 Å². The van der Waals surface area contributed by atoms with Crippen LogP contribution in [-0.4, -0.2) is 34.5 Å². The lowest BCUT2D eigenvalue weighted by Crippen LogP contribution is -2.34. The first kappa shape index (κ1) is 20.7. The van der Waals surface area contributed by atoms with Crippen molar-refractivity contribution in [1.82, 2.24) is 0 Å². The van der Waals surface area contributed by atoms with Gasteiger partial charge in [-0.2, -0.15) is 0 Å². The lowest BCUT2D eigenvalue weighted by Gasteiger charge is -2.39. The van der Waals surface area contributed by atoms with Crippen molar-refractivity contribution in [3.8, 4) is 5.75 Å². The summed E-state index contributed by atoms with van der Waals surface area (Å²) in [5.74, 6) is 1.26. The average molecular weight is 428 g/mol. The first-order valence-corrected chi connectivity index (χ1v) is 11.3. The molecule has 0 radical (unpaired) electrons. The van der Waals surface area contributed by atoms with E-state index in [4.69, 9.17) is 19.3 Å². The zero-order chi connectivity index (χ0) is 21.5. The minimum absolute atomic E-state index is 0.191. The number of benzene rings is 1. The lowest BCUT2D eigenvalue weighted by atomic mass is 9.75. The molecule has 1 aromatic carbocycles. The van der Waals surface area contributed by atoms with Gasteiger partial charge in [-0.3, -0.25) is 0 Å². The van der Waals surface area contributed by atoms with E-state index >= 15 is 0 Å². The Morgan fingerprint density at radius 1 is 1.23 bits per heavy atom. The van der Waals surface area contributed by atoms with Crippen LogP contribution in [0.5, 0.6) is 5.75 Å². The van der Waals surface area contributed by atoms with Crippen molar-refractivity contribution in [2.45, 2.75) is 19.1 Å². The van der Waals surface area contributed by atoms with Crippen LogP contribution in [0.1, 0.15) is 18.6 Å². The highest BCUT2D eigenvalue weighted by molar-refractivity contribution is 7.89. The van der Waals surface area contributed by atoms with Crippen LogP contribution in [0, 0.1) is 5.41 Å². The summed E-state index contributed by atoms with van der Waals surface area (Å²) in [4.78, 5) is 0. The molecule has 1 aromatic rings. The molecule has 7 heteroatoms. The summed E-state index contributed by atoms with van der Waals surface area (Å²) >= 11 is 0. The Morgan fingerprint density at radius 3 is 2.73 bits per heavy atom. The van der Waals surface area contributed by atoms with Crippen LogP contribution >= 0.6 is 0 Å². The summed E-state index contributed by atoms with van der Waals surface area (Å²) in [5.41, 5.74) is 2.97. The molecule has 3 unspecified atom stereocenters. The number of primary sulfonamides is 1. The van der Waals surface area contributed by atoms with Crippen LogP contribution in [0.25, 0.3) is 0 Å². The maximum Gasteiger partial charge on any atom is 0.210 e. The van der Waals surface area contributed by atoms with E-state index in [0.29, 0.717) is 0 Å². The molecule has 1 aliphatic heterocycles. The fourth-order valence-electron chi connectivity index (χ4n) is 4.27. The van der Waals surface area contributed by atoms with Crippen molar-refractivity contribution in [1.29, 1.82) is 0 Å². The predicted molar refractivity (Wildman–Crippen MR) is 115 cm³/mol. The summed E-state index contributed by atoms with van der Waals surface area (Å²) in [6.45, 7) is 1.85. The van der Waals surface area contributed by atoms with Crippen molar-refractivity contribution >= 4 is 10.0 Å². The number of allylic oxidation sites excluding steroid dienone is 5. The molecular formula is C23H25NO5S. The van der Waals surface area contributed by atoms with Gasteiger partial charge in [0.25, 0.3) is 0 Å². The molecular weight excluding hydrogens is 402 g/mol. The Hall–Kier alpha value is -2.61. The van der Waals surface area contributed by atoms with E-state index in [1.165, 1.54) is 0 Å². The second kappa shape index (κ2) is 7.58. The second-order valence-electron chi connectivity index (χ2n) is 7.91. The molecule has 158 valence electrons. The minimum atomic E-state index is -3.67. The van der Waals surface area contributed by atoms with Crippen molar-refractivity contribution in [3.05, 3.63) is 88.8 Å². The van der Waals surface area contributed by atoms with Gasteiger partial charge in [0.2, 0.25) is 10.0 Å². The summed E-state index contributed by atoms with van der Waals surface area (Å²) in [5, 5.41) is 5.36. The number of nitrogens with two attached hydrogens (primary N) is 1. The van der Waals surface area contributed by atoms with Gasteiger partial charge in [0.1, 0.15) is 23.7 Å². The summed E-state index contributed by atoms with van der Waals surface area (Å²) in [7, 11) is -0.421. The molecule has 2 aliphatic carbocycles. The summed E-state index contributed by atoms with van der Waals surface area (Å²) < 4.78 is 41.2. The molecule has 4 rings (SSSR count). The van der Waals surface area contributed by atoms with Gasteiger partial charge in [0.15, 0.2) is 0 Å². The summed E-state index contributed by atoms with van der Waals surface area (Å²) in [6.07, 6.45) is 10.9. The first-order valence-electron chi connectivity index (χ1n) is 9.62. The van der Waals surface area contributed by atoms with Crippen molar-refractivity contribution in [2.75, 3.05) is 20.0 Å². The van der Waals surface area contributed by atoms with Crippen LogP contribution < -0.4 is 9.88 Å². The Balaban J connectivity index is 1.89. The maximum atomic E-state index is 11.8. The molecule has 6 nitrogen and oxygen atoms in total. The van der Waals surface area contributed by atoms with E-state index in [2.05, 4.69) is 0 Å². The molecule has 0 spiro atoms. The van der Waals surface area contributed by atoms with Gasteiger partial charge in [0, 0.05) is 11.0 Å². The molecule has 3 atom stereocenters. The Morgan fingerprint density at radius 2 is 2.03 bits per heavy atom. The van der Waals surface area contributed by atoms with Crippen LogP contribution in [0.2, 0.25) is 0 Å². The number of fused-ring (bicyclic) bond motifs is 2. The smallest absolute Gasteiger partial charge is 0.210 e. The molecule has 0 aromatic heterocycles. The van der Waals surface area contributed by atoms with Crippen molar-refractivity contribution in [3.63, 3.8) is 0 Å². The fraction of sp³-hybridized carbons (Fsp3) is 0.304. The van der Waals surface area contributed by atoms with Gasteiger partial charge < -0.3 is 14.2 Å². The highest BCUT2D eigenvalue weighted by Crippen LogP contribution is 2.48. The molecule has 2 N–H and O–H groups in total.